The van der Waals surface area contributed by atoms with E-state index in [9.17, 15) is 19.5 Å². The lowest BCUT2D eigenvalue weighted by atomic mass is 9.71. The Morgan fingerprint density at radius 3 is 2.25 bits per heavy atom. The lowest BCUT2D eigenvalue weighted by Crippen LogP contribution is -2.52. The Bertz CT molecular complexity index is 1020. The van der Waals surface area contributed by atoms with Crippen LogP contribution in [0.1, 0.15) is 36.3 Å². The molecule has 0 heterocycles. The zero-order valence-corrected chi connectivity index (χ0v) is 17.6. The number of carbonyl (C=O) groups is 3. The van der Waals surface area contributed by atoms with Crippen LogP contribution in [0.25, 0.3) is 11.1 Å². The fraction of sp³-hybridized carbons (Fsp3) is 0.400. The van der Waals surface area contributed by atoms with E-state index in [1.807, 2.05) is 24.3 Å². The maximum absolute atomic E-state index is 12.2. The van der Waals surface area contributed by atoms with Crippen LogP contribution in [0.4, 0.5) is 4.79 Å². The van der Waals surface area contributed by atoms with Crippen LogP contribution in [0.3, 0.4) is 0 Å². The maximum atomic E-state index is 12.2. The maximum Gasteiger partial charge on any atom is 0.407 e. The molecule has 0 radical (unpaired) electrons. The number of nitrogens with one attached hydrogen (secondary N) is 2. The van der Waals surface area contributed by atoms with Gasteiger partial charge in [0.25, 0.3) is 0 Å². The number of aliphatic carboxylic acids is 1. The molecule has 0 spiro atoms. The number of ether oxygens (including phenoxy) is 1. The fourth-order valence-electron chi connectivity index (χ4n) is 5.65. The van der Waals surface area contributed by atoms with Crippen molar-refractivity contribution in [2.24, 2.45) is 17.8 Å². The molecule has 2 fully saturated rings. The first-order valence-corrected chi connectivity index (χ1v) is 11.1. The Morgan fingerprint density at radius 2 is 1.59 bits per heavy atom. The van der Waals surface area contributed by atoms with Crippen molar-refractivity contribution in [2.75, 3.05) is 13.2 Å². The van der Waals surface area contributed by atoms with Gasteiger partial charge in [-0.3, -0.25) is 9.59 Å². The molecular weight excluding hydrogens is 408 g/mol. The summed E-state index contributed by atoms with van der Waals surface area (Å²) < 4.78 is 5.45. The summed E-state index contributed by atoms with van der Waals surface area (Å²) in [7, 11) is 0. The topological polar surface area (TPSA) is 105 Å². The number of hydrogen-bond donors (Lipinski definition) is 3. The summed E-state index contributed by atoms with van der Waals surface area (Å²) in [6.07, 6.45) is 1.50. The number of fused-ring (bicyclic) bond motifs is 4. The first-order chi connectivity index (χ1) is 15.5. The third kappa shape index (κ3) is 3.72. The van der Waals surface area contributed by atoms with Crippen molar-refractivity contribution < 1.29 is 24.2 Å². The molecule has 7 heteroatoms. The summed E-state index contributed by atoms with van der Waals surface area (Å²) in [4.78, 5) is 35.6. The van der Waals surface area contributed by atoms with Gasteiger partial charge in [0.1, 0.15) is 13.2 Å². The molecule has 0 aliphatic heterocycles. The molecular formula is C25H26N2O5. The van der Waals surface area contributed by atoms with E-state index in [0.717, 1.165) is 28.7 Å². The highest BCUT2D eigenvalue weighted by atomic mass is 16.5. The first-order valence-electron chi connectivity index (χ1n) is 11.1. The summed E-state index contributed by atoms with van der Waals surface area (Å²) in [6.45, 7) is 0.0390. The predicted molar refractivity (Wildman–Crippen MR) is 117 cm³/mol. The van der Waals surface area contributed by atoms with E-state index in [1.165, 1.54) is 0 Å². The van der Waals surface area contributed by atoms with Crippen LogP contribution < -0.4 is 10.6 Å². The summed E-state index contributed by atoms with van der Waals surface area (Å²) in [5.41, 5.74) is 4.59. The van der Waals surface area contributed by atoms with E-state index in [2.05, 4.69) is 34.9 Å². The Morgan fingerprint density at radius 1 is 0.938 bits per heavy atom. The van der Waals surface area contributed by atoms with Gasteiger partial charge in [-0.05, 0) is 53.4 Å². The molecule has 7 nitrogen and oxygen atoms in total. The molecule has 2 aromatic carbocycles. The van der Waals surface area contributed by atoms with E-state index in [0.29, 0.717) is 18.8 Å². The molecule has 4 atom stereocenters. The lowest BCUT2D eigenvalue weighted by Gasteiger charge is -2.40. The van der Waals surface area contributed by atoms with Crippen LogP contribution in [-0.4, -0.2) is 42.3 Å². The van der Waals surface area contributed by atoms with Gasteiger partial charge >= 0.3 is 12.1 Å². The van der Waals surface area contributed by atoms with E-state index in [4.69, 9.17) is 4.74 Å². The van der Waals surface area contributed by atoms with E-state index >= 15 is 0 Å². The van der Waals surface area contributed by atoms with Gasteiger partial charge in [0.2, 0.25) is 5.91 Å². The monoisotopic (exact) mass is 434 g/mol. The summed E-state index contributed by atoms with van der Waals surface area (Å²) >= 11 is 0. The summed E-state index contributed by atoms with van der Waals surface area (Å²) in [5, 5.41) is 14.6. The number of carboxylic acids is 1. The van der Waals surface area contributed by atoms with Gasteiger partial charge in [0, 0.05) is 12.0 Å². The number of rotatable bonds is 6. The van der Waals surface area contributed by atoms with E-state index in [-0.39, 0.29) is 42.9 Å². The van der Waals surface area contributed by atoms with Crippen molar-refractivity contribution in [3.05, 3.63) is 59.7 Å². The molecule has 166 valence electrons. The minimum atomic E-state index is -0.749. The van der Waals surface area contributed by atoms with Crippen LogP contribution >= 0.6 is 0 Å². The molecule has 4 unspecified atom stereocenters. The van der Waals surface area contributed by atoms with Crippen molar-refractivity contribution in [3.8, 4) is 11.1 Å². The first kappa shape index (κ1) is 20.5. The third-order valence-corrected chi connectivity index (χ3v) is 7.26. The zero-order valence-electron chi connectivity index (χ0n) is 17.6. The minimum Gasteiger partial charge on any atom is -0.481 e. The zero-order chi connectivity index (χ0) is 22.2. The van der Waals surface area contributed by atoms with E-state index in [1.54, 1.807) is 0 Å². The normalized spacial score (nSPS) is 25.1. The second-order valence-corrected chi connectivity index (χ2v) is 9.02. The highest BCUT2D eigenvalue weighted by Gasteiger charge is 2.49. The number of alkyl carbamates (subject to hydrolysis) is 1. The van der Waals surface area contributed by atoms with E-state index < -0.39 is 12.1 Å². The molecule has 0 aromatic heterocycles. The second-order valence-electron chi connectivity index (χ2n) is 9.02. The van der Waals surface area contributed by atoms with Crippen LogP contribution in [-0.2, 0) is 14.3 Å². The Balaban J connectivity index is 1.10. The number of benzene rings is 2. The Hall–Kier alpha value is -3.35. The smallest absolute Gasteiger partial charge is 0.407 e. The van der Waals surface area contributed by atoms with Gasteiger partial charge in [-0.25, -0.2) is 4.79 Å². The van der Waals surface area contributed by atoms with Crippen LogP contribution in [0.2, 0.25) is 0 Å². The SMILES string of the molecule is O=C(CNC(=O)OCC1c2ccccc2-c2ccccc21)NC1CC2CC(C(=O)O)CC21. The molecule has 0 bridgehead atoms. The van der Waals surface area contributed by atoms with Crippen LogP contribution in [0, 0.1) is 17.8 Å². The Kier molecular flexibility index (Phi) is 5.33. The molecule has 2 aromatic rings. The van der Waals surface area contributed by atoms with Crippen molar-refractivity contribution >= 4 is 18.0 Å². The molecule has 2 saturated carbocycles. The summed E-state index contributed by atoms with van der Waals surface area (Å²) in [5.74, 6) is -0.739. The average Bonchev–Trinajstić information content (AvgIpc) is 3.30. The molecule has 5 rings (SSSR count). The highest BCUT2D eigenvalue weighted by molar-refractivity contribution is 5.83. The van der Waals surface area contributed by atoms with Gasteiger partial charge in [0.15, 0.2) is 0 Å². The average molecular weight is 434 g/mol. The van der Waals surface area contributed by atoms with Gasteiger partial charge in [-0.15, -0.1) is 0 Å². The Labute approximate surface area is 186 Å². The third-order valence-electron chi connectivity index (χ3n) is 7.26. The molecule has 32 heavy (non-hydrogen) atoms. The number of carboxylic acid groups (broad SMARTS) is 1. The molecule has 3 aliphatic rings. The van der Waals surface area contributed by atoms with Gasteiger partial charge in [-0.1, -0.05) is 48.5 Å². The minimum absolute atomic E-state index is 0.00108. The van der Waals surface area contributed by atoms with Crippen molar-refractivity contribution in [1.82, 2.24) is 10.6 Å². The quantitative estimate of drug-likeness (QED) is 0.648. The standard InChI is InChI=1S/C25H26N2O5/c28-23(27-22-11-14-9-15(24(29)30)10-20(14)22)12-26-25(31)32-13-21-18-7-3-1-5-16(18)17-6-2-4-8-19(17)21/h1-8,14-15,20-22H,9-13H2,(H,26,31)(H,27,28)(H,29,30). The van der Waals surface area contributed by atoms with Crippen LogP contribution in [0.15, 0.2) is 48.5 Å². The van der Waals surface area contributed by atoms with Gasteiger partial charge in [-0.2, -0.15) is 0 Å². The molecule has 3 N–H and O–H groups in total. The predicted octanol–water partition coefficient (Wildman–Crippen LogP) is 3.14. The van der Waals surface area contributed by atoms with Crippen molar-refractivity contribution in [3.63, 3.8) is 0 Å². The number of amides is 2. The highest BCUT2D eigenvalue weighted by Crippen LogP contribution is 2.49. The van der Waals surface area contributed by atoms with Crippen molar-refractivity contribution in [2.45, 2.75) is 31.2 Å². The summed E-state index contributed by atoms with van der Waals surface area (Å²) in [6, 6.07) is 16.2. The van der Waals surface area contributed by atoms with Crippen LogP contribution in [0.5, 0.6) is 0 Å². The van der Waals surface area contributed by atoms with Gasteiger partial charge < -0.3 is 20.5 Å². The molecule has 0 saturated heterocycles. The largest absolute Gasteiger partial charge is 0.481 e. The number of carbonyl (C=O) groups excluding carboxylic acids is 2. The molecule has 2 amide bonds. The lowest BCUT2D eigenvalue weighted by molar-refractivity contribution is -0.141. The van der Waals surface area contributed by atoms with Crippen molar-refractivity contribution in [1.29, 1.82) is 0 Å². The fourth-order valence-corrected chi connectivity index (χ4v) is 5.65. The molecule has 3 aliphatic carbocycles. The van der Waals surface area contributed by atoms with Gasteiger partial charge in [0.05, 0.1) is 5.92 Å². The second kappa shape index (κ2) is 8.30. The number of hydrogen-bond acceptors (Lipinski definition) is 4.